The van der Waals surface area contributed by atoms with Gasteiger partial charge in [0.15, 0.2) is 5.11 Å². The summed E-state index contributed by atoms with van der Waals surface area (Å²) in [6.07, 6.45) is 2.85. The maximum Gasteiger partial charge on any atom is 0.170 e. The van der Waals surface area contributed by atoms with Crippen molar-refractivity contribution in [2.24, 2.45) is 0 Å². The minimum absolute atomic E-state index is 0.0206. The molecule has 0 bridgehead atoms. The Kier molecular flexibility index (Phi) is 6.20. The summed E-state index contributed by atoms with van der Waals surface area (Å²) in [5.41, 5.74) is 8.59. The van der Waals surface area contributed by atoms with Gasteiger partial charge in [0.1, 0.15) is 0 Å². The fourth-order valence-corrected chi connectivity index (χ4v) is 5.49. The topological polar surface area (TPSA) is 33.1 Å². The number of pyridine rings is 1. The third kappa shape index (κ3) is 4.01. The van der Waals surface area contributed by atoms with Gasteiger partial charge in [0.2, 0.25) is 0 Å². The summed E-state index contributed by atoms with van der Waals surface area (Å²) < 4.78 is 2.39. The van der Waals surface area contributed by atoms with E-state index in [1.54, 1.807) is 0 Å². The molecule has 1 saturated heterocycles. The lowest BCUT2D eigenvalue weighted by Gasteiger charge is -2.28. The lowest BCUT2D eigenvalue weighted by atomic mass is 9.96. The van der Waals surface area contributed by atoms with Crippen molar-refractivity contribution < 1.29 is 0 Å². The van der Waals surface area contributed by atoms with Gasteiger partial charge in [-0.3, -0.25) is 4.98 Å². The van der Waals surface area contributed by atoms with Crippen molar-refractivity contribution in [2.75, 3.05) is 0 Å². The number of hydrogen-bond donors (Lipinski definition) is 1. The van der Waals surface area contributed by atoms with Crippen LogP contribution in [0.1, 0.15) is 52.8 Å². The van der Waals surface area contributed by atoms with E-state index < -0.39 is 0 Å². The molecule has 0 radical (unpaired) electrons. The molecule has 2 aromatic heterocycles. The number of nitrogens with zero attached hydrogens (tertiary/aromatic N) is 3. The second-order valence-corrected chi connectivity index (χ2v) is 9.27. The highest BCUT2D eigenvalue weighted by Crippen LogP contribution is 2.42. The average Bonchev–Trinajstić information content (AvgIpc) is 3.35. The SMILES string of the molecule is CCc1ccccc1-n1c(C)cc([C@H]2[C@H](c3ccccn3)NC(=S)N2Cc2ccccc2)c1C. The Balaban J connectivity index is 1.64. The predicted octanol–water partition coefficient (Wildman–Crippen LogP) is 6.22. The number of rotatable bonds is 6. The summed E-state index contributed by atoms with van der Waals surface area (Å²) in [5, 5.41) is 4.36. The Hall–Kier alpha value is -3.44. The van der Waals surface area contributed by atoms with Crippen LogP contribution in [-0.2, 0) is 13.0 Å². The maximum atomic E-state index is 5.89. The zero-order chi connectivity index (χ0) is 23.7. The first kappa shape index (κ1) is 22.4. The number of para-hydroxylation sites is 1. The van der Waals surface area contributed by atoms with Crippen molar-refractivity contribution in [3.8, 4) is 5.69 Å². The lowest BCUT2D eigenvalue weighted by Crippen LogP contribution is -2.29. The van der Waals surface area contributed by atoms with Crippen LogP contribution in [-0.4, -0.2) is 19.6 Å². The summed E-state index contributed by atoms with van der Waals surface area (Å²) >= 11 is 5.89. The van der Waals surface area contributed by atoms with Crippen molar-refractivity contribution in [1.82, 2.24) is 19.8 Å². The van der Waals surface area contributed by atoms with Crippen molar-refractivity contribution in [3.05, 3.63) is 119 Å². The molecule has 2 atom stereocenters. The molecule has 1 aliphatic rings. The van der Waals surface area contributed by atoms with E-state index in [0.29, 0.717) is 0 Å². The van der Waals surface area contributed by atoms with E-state index in [0.717, 1.165) is 23.8 Å². The van der Waals surface area contributed by atoms with Crippen LogP contribution in [0.3, 0.4) is 0 Å². The quantitative estimate of drug-likeness (QED) is 0.342. The van der Waals surface area contributed by atoms with Gasteiger partial charge in [0, 0.05) is 29.8 Å². The minimum atomic E-state index is -0.0206. The van der Waals surface area contributed by atoms with Crippen LogP contribution >= 0.6 is 12.2 Å². The Morgan fingerprint density at radius 3 is 2.41 bits per heavy atom. The highest BCUT2D eigenvalue weighted by molar-refractivity contribution is 7.80. The Bertz CT molecular complexity index is 1300. The third-order valence-electron chi connectivity index (χ3n) is 6.80. The zero-order valence-electron chi connectivity index (χ0n) is 19.9. The van der Waals surface area contributed by atoms with Gasteiger partial charge in [-0.15, -0.1) is 0 Å². The van der Waals surface area contributed by atoms with E-state index >= 15 is 0 Å². The largest absolute Gasteiger partial charge is 0.352 e. The van der Waals surface area contributed by atoms with Crippen LogP contribution in [0.2, 0.25) is 0 Å². The first-order valence-corrected chi connectivity index (χ1v) is 12.3. The number of hydrogen-bond acceptors (Lipinski definition) is 2. The zero-order valence-corrected chi connectivity index (χ0v) is 20.7. The number of aromatic nitrogens is 2. The molecule has 1 N–H and O–H groups in total. The number of nitrogens with one attached hydrogen (secondary N) is 1. The molecule has 0 unspecified atom stereocenters. The standard InChI is InChI=1S/C29H30N4S/c1-4-23-14-8-9-16-26(23)33-20(2)18-24(21(33)3)28-27(25-15-10-11-17-30-25)31-29(34)32(28)19-22-12-6-5-7-13-22/h5-18,27-28H,4,19H2,1-3H3,(H,31,34)/t27-,28-/m0/s1. The van der Waals surface area contributed by atoms with Crippen molar-refractivity contribution in [3.63, 3.8) is 0 Å². The molecule has 1 fully saturated rings. The van der Waals surface area contributed by atoms with Crippen LogP contribution in [0.5, 0.6) is 0 Å². The lowest BCUT2D eigenvalue weighted by molar-refractivity contribution is 0.310. The summed E-state index contributed by atoms with van der Waals surface area (Å²) in [6.45, 7) is 7.38. The van der Waals surface area contributed by atoms with Crippen LogP contribution in [0.15, 0.2) is 85.1 Å². The van der Waals surface area contributed by atoms with E-state index in [4.69, 9.17) is 17.2 Å². The highest BCUT2D eigenvalue weighted by Gasteiger charge is 2.41. The van der Waals surface area contributed by atoms with Crippen molar-refractivity contribution in [1.29, 1.82) is 0 Å². The summed E-state index contributed by atoms with van der Waals surface area (Å²) in [4.78, 5) is 7.02. The molecule has 4 nitrogen and oxygen atoms in total. The van der Waals surface area contributed by atoms with E-state index in [9.17, 15) is 0 Å². The minimum Gasteiger partial charge on any atom is -0.352 e. The molecule has 0 spiro atoms. The molecule has 3 heterocycles. The number of aryl methyl sites for hydroxylation is 2. The molecule has 0 amide bonds. The van der Waals surface area contributed by atoms with Crippen molar-refractivity contribution >= 4 is 17.3 Å². The molecule has 4 aromatic rings. The summed E-state index contributed by atoms with van der Waals surface area (Å²) in [7, 11) is 0. The van der Waals surface area contributed by atoms with Gasteiger partial charge in [-0.2, -0.15) is 0 Å². The van der Waals surface area contributed by atoms with Crippen LogP contribution in [0.4, 0.5) is 0 Å². The summed E-state index contributed by atoms with van der Waals surface area (Å²) in [6, 6.07) is 27.7. The maximum absolute atomic E-state index is 5.89. The van der Waals surface area contributed by atoms with Gasteiger partial charge in [0.05, 0.1) is 17.8 Å². The Morgan fingerprint density at radius 2 is 1.68 bits per heavy atom. The molecule has 5 heteroatoms. The first-order chi connectivity index (χ1) is 16.6. The Morgan fingerprint density at radius 1 is 0.941 bits per heavy atom. The van der Waals surface area contributed by atoms with Gasteiger partial charge >= 0.3 is 0 Å². The van der Waals surface area contributed by atoms with E-state index in [2.05, 4.69) is 102 Å². The molecule has 0 aliphatic carbocycles. The second kappa shape index (κ2) is 9.43. The fourth-order valence-electron chi connectivity index (χ4n) is 5.18. The molecule has 0 saturated carbocycles. The van der Waals surface area contributed by atoms with Gasteiger partial charge in [-0.05, 0) is 73.4 Å². The molecular weight excluding hydrogens is 436 g/mol. The molecule has 34 heavy (non-hydrogen) atoms. The van der Waals surface area contributed by atoms with Gasteiger partial charge in [0.25, 0.3) is 0 Å². The normalized spacial score (nSPS) is 17.7. The fraction of sp³-hybridized carbons (Fsp3) is 0.241. The highest BCUT2D eigenvalue weighted by atomic mass is 32.1. The van der Waals surface area contributed by atoms with Gasteiger partial charge < -0.3 is 14.8 Å². The second-order valence-electron chi connectivity index (χ2n) is 8.88. The van der Waals surface area contributed by atoms with E-state index in [1.165, 1.54) is 33.8 Å². The predicted molar refractivity (Wildman–Crippen MR) is 142 cm³/mol. The average molecular weight is 467 g/mol. The first-order valence-electron chi connectivity index (χ1n) is 11.9. The van der Waals surface area contributed by atoms with Gasteiger partial charge in [-0.1, -0.05) is 61.5 Å². The van der Waals surface area contributed by atoms with E-state index in [1.807, 2.05) is 18.3 Å². The van der Waals surface area contributed by atoms with E-state index in [-0.39, 0.29) is 12.1 Å². The van der Waals surface area contributed by atoms with Crippen LogP contribution < -0.4 is 5.32 Å². The van der Waals surface area contributed by atoms with Crippen LogP contribution in [0.25, 0.3) is 5.69 Å². The smallest absolute Gasteiger partial charge is 0.170 e. The summed E-state index contributed by atoms with van der Waals surface area (Å²) in [5.74, 6) is 0. The van der Waals surface area contributed by atoms with Crippen molar-refractivity contribution in [2.45, 2.75) is 45.8 Å². The number of benzene rings is 2. The van der Waals surface area contributed by atoms with Gasteiger partial charge in [-0.25, -0.2) is 0 Å². The molecule has 1 aliphatic heterocycles. The molecule has 2 aromatic carbocycles. The molecule has 5 rings (SSSR count). The molecular formula is C29H30N4S. The Labute approximate surface area is 207 Å². The monoisotopic (exact) mass is 466 g/mol. The van der Waals surface area contributed by atoms with Crippen LogP contribution in [0, 0.1) is 13.8 Å². The molecule has 172 valence electrons. The third-order valence-corrected chi connectivity index (χ3v) is 7.15. The number of thiocarbonyl (C=S) groups is 1.